The highest BCUT2D eigenvalue weighted by atomic mass is 16.5. The van der Waals surface area contributed by atoms with Gasteiger partial charge in [-0.05, 0) is 36.6 Å². The van der Waals surface area contributed by atoms with Crippen LogP contribution < -0.4 is 5.32 Å². The molecule has 0 unspecified atom stereocenters. The summed E-state index contributed by atoms with van der Waals surface area (Å²) >= 11 is 0. The lowest BCUT2D eigenvalue weighted by Gasteiger charge is -2.30. The molecule has 124 valence electrons. The number of aromatic carboxylic acids is 1. The van der Waals surface area contributed by atoms with Crippen molar-refractivity contribution in [1.29, 1.82) is 0 Å². The molecule has 0 aliphatic carbocycles. The molecule has 2 atom stereocenters. The van der Waals surface area contributed by atoms with Crippen molar-refractivity contribution in [2.24, 2.45) is 0 Å². The van der Waals surface area contributed by atoms with E-state index in [4.69, 9.17) is 9.84 Å². The molecule has 2 N–H and O–H groups in total. The number of hydrogen-bond acceptors (Lipinski definition) is 3. The summed E-state index contributed by atoms with van der Waals surface area (Å²) in [6, 6.07) is 16.0. The quantitative estimate of drug-likeness (QED) is 0.906. The van der Waals surface area contributed by atoms with Crippen LogP contribution in [0, 0.1) is 0 Å². The minimum Gasteiger partial charge on any atom is -0.478 e. The SMILES string of the molecule is O=C(O)c1cccc(C(=O)N[C@@H]2CCO[C@@H](c3ccccc3)C2)c1. The lowest BCUT2D eigenvalue weighted by Crippen LogP contribution is -2.39. The Kier molecular flexibility index (Phi) is 4.91. The summed E-state index contributed by atoms with van der Waals surface area (Å²) in [5, 5.41) is 12.0. The van der Waals surface area contributed by atoms with E-state index in [-0.39, 0.29) is 23.6 Å². The Labute approximate surface area is 140 Å². The Bertz CT molecular complexity index is 729. The molecular weight excluding hydrogens is 306 g/mol. The fourth-order valence-corrected chi connectivity index (χ4v) is 2.89. The molecule has 1 amide bonds. The largest absolute Gasteiger partial charge is 0.478 e. The maximum absolute atomic E-state index is 12.4. The predicted molar refractivity (Wildman–Crippen MR) is 89.0 cm³/mol. The molecule has 0 bridgehead atoms. The Balaban J connectivity index is 1.66. The highest BCUT2D eigenvalue weighted by Gasteiger charge is 2.25. The second kappa shape index (κ2) is 7.27. The van der Waals surface area contributed by atoms with E-state index < -0.39 is 5.97 Å². The fraction of sp³-hybridized carbons (Fsp3) is 0.263. The molecular formula is C19H19NO4. The third-order valence-electron chi connectivity index (χ3n) is 4.16. The monoisotopic (exact) mass is 325 g/mol. The Hall–Kier alpha value is -2.66. The van der Waals surface area contributed by atoms with Crippen LogP contribution in [0.25, 0.3) is 0 Å². The maximum atomic E-state index is 12.4. The van der Waals surface area contributed by atoms with E-state index in [2.05, 4.69) is 5.32 Å². The molecule has 0 aromatic heterocycles. The van der Waals surface area contributed by atoms with E-state index in [1.807, 2.05) is 30.3 Å². The molecule has 0 spiro atoms. The van der Waals surface area contributed by atoms with Gasteiger partial charge in [0, 0.05) is 18.2 Å². The fourth-order valence-electron chi connectivity index (χ4n) is 2.89. The van der Waals surface area contributed by atoms with Crippen LogP contribution in [0.2, 0.25) is 0 Å². The standard InChI is InChI=1S/C19H19NO4/c21-18(14-7-4-8-15(11-14)19(22)23)20-16-9-10-24-17(12-16)13-5-2-1-3-6-13/h1-8,11,16-17H,9-10,12H2,(H,20,21)(H,22,23)/t16-,17-/m1/s1. The number of hydrogen-bond donors (Lipinski definition) is 2. The van der Waals surface area contributed by atoms with Crippen LogP contribution in [-0.4, -0.2) is 29.6 Å². The topological polar surface area (TPSA) is 75.6 Å². The van der Waals surface area contributed by atoms with Crippen LogP contribution >= 0.6 is 0 Å². The summed E-state index contributed by atoms with van der Waals surface area (Å²) in [6.45, 7) is 0.583. The summed E-state index contributed by atoms with van der Waals surface area (Å²) in [5.41, 5.74) is 1.57. The van der Waals surface area contributed by atoms with Gasteiger partial charge in [-0.15, -0.1) is 0 Å². The number of amides is 1. The number of ether oxygens (including phenoxy) is 1. The van der Waals surface area contributed by atoms with Gasteiger partial charge in [-0.1, -0.05) is 36.4 Å². The van der Waals surface area contributed by atoms with Gasteiger partial charge in [-0.2, -0.15) is 0 Å². The van der Waals surface area contributed by atoms with E-state index in [0.29, 0.717) is 18.6 Å². The van der Waals surface area contributed by atoms with Crippen molar-refractivity contribution in [3.63, 3.8) is 0 Å². The first-order valence-corrected chi connectivity index (χ1v) is 7.94. The van der Waals surface area contributed by atoms with Gasteiger partial charge in [0.05, 0.1) is 11.7 Å². The molecule has 24 heavy (non-hydrogen) atoms. The number of carboxylic acids is 1. The van der Waals surface area contributed by atoms with Gasteiger partial charge in [0.25, 0.3) is 5.91 Å². The second-order valence-electron chi connectivity index (χ2n) is 5.85. The number of carbonyl (C=O) groups is 2. The summed E-state index contributed by atoms with van der Waals surface area (Å²) in [5.74, 6) is -1.29. The molecule has 5 heteroatoms. The first-order chi connectivity index (χ1) is 11.6. The molecule has 1 aliphatic heterocycles. The predicted octanol–water partition coefficient (Wildman–Crippen LogP) is 3.03. The van der Waals surface area contributed by atoms with Crippen molar-refractivity contribution < 1.29 is 19.4 Å². The summed E-state index contributed by atoms with van der Waals surface area (Å²) in [7, 11) is 0. The molecule has 1 fully saturated rings. The smallest absolute Gasteiger partial charge is 0.335 e. The number of nitrogens with one attached hydrogen (secondary N) is 1. The molecule has 3 rings (SSSR count). The molecule has 0 radical (unpaired) electrons. The molecule has 5 nitrogen and oxygen atoms in total. The second-order valence-corrected chi connectivity index (χ2v) is 5.85. The number of rotatable bonds is 4. The van der Waals surface area contributed by atoms with Crippen molar-refractivity contribution in [3.8, 4) is 0 Å². The van der Waals surface area contributed by atoms with E-state index in [9.17, 15) is 9.59 Å². The molecule has 0 saturated carbocycles. The molecule has 1 heterocycles. The van der Waals surface area contributed by atoms with E-state index in [1.54, 1.807) is 12.1 Å². The van der Waals surface area contributed by atoms with Crippen molar-refractivity contribution in [3.05, 3.63) is 71.3 Å². The van der Waals surface area contributed by atoms with Crippen LogP contribution in [0.4, 0.5) is 0 Å². The number of carboxylic acid groups (broad SMARTS) is 1. The Morgan fingerprint density at radius 2 is 1.79 bits per heavy atom. The van der Waals surface area contributed by atoms with E-state index in [0.717, 1.165) is 12.0 Å². The van der Waals surface area contributed by atoms with Gasteiger partial charge < -0.3 is 15.2 Å². The minimum absolute atomic E-state index is 0.00457. The third-order valence-corrected chi connectivity index (χ3v) is 4.16. The normalized spacial score (nSPS) is 20.3. The lowest BCUT2D eigenvalue weighted by atomic mass is 9.97. The summed E-state index contributed by atoms with van der Waals surface area (Å²) in [4.78, 5) is 23.4. The Morgan fingerprint density at radius 3 is 2.54 bits per heavy atom. The van der Waals surface area contributed by atoms with Gasteiger partial charge in [-0.25, -0.2) is 4.79 Å². The first kappa shape index (κ1) is 16.2. The van der Waals surface area contributed by atoms with Crippen LogP contribution in [-0.2, 0) is 4.74 Å². The average Bonchev–Trinajstić information content (AvgIpc) is 2.63. The van der Waals surface area contributed by atoms with Crippen molar-refractivity contribution in [2.45, 2.75) is 25.0 Å². The molecule has 1 saturated heterocycles. The van der Waals surface area contributed by atoms with Crippen LogP contribution in [0.1, 0.15) is 45.2 Å². The minimum atomic E-state index is -1.04. The van der Waals surface area contributed by atoms with Gasteiger partial charge in [0.2, 0.25) is 0 Å². The lowest BCUT2D eigenvalue weighted by molar-refractivity contribution is 0.000904. The first-order valence-electron chi connectivity index (χ1n) is 7.94. The van der Waals surface area contributed by atoms with Gasteiger partial charge >= 0.3 is 5.97 Å². The summed E-state index contributed by atoms with van der Waals surface area (Å²) in [6.07, 6.45) is 1.41. The zero-order valence-electron chi connectivity index (χ0n) is 13.1. The van der Waals surface area contributed by atoms with Crippen molar-refractivity contribution >= 4 is 11.9 Å². The third kappa shape index (κ3) is 3.81. The number of benzene rings is 2. The summed E-state index contributed by atoms with van der Waals surface area (Å²) < 4.78 is 5.80. The zero-order chi connectivity index (χ0) is 16.9. The molecule has 1 aliphatic rings. The molecule has 2 aromatic carbocycles. The van der Waals surface area contributed by atoms with E-state index in [1.165, 1.54) is 12.1 Å². The van der Waals surface area contributed by atoms with Crippen molar-refractivity contribution in [2.75, 3.05) is 6.61 Å². The van der Waals surface area contributed by atoms with Gasteiger partial charge in [0.1, 0.15) is 0 Å². The number of carbonyl (C=O) groups excluding carboxylic acids is 1. The van der Waals surface area contributed by atoms with E-state index >= 15 is 0 Å². The Morgan fingerprint density at radius 1 is 1.04 bits per heavy atom. The van der Waals surface area contributed by atoms with Crippen molar-refractivity contribution in [1.82, 2.24) is 5.32 Å². The zero-order valence-corrected chi connectivity index (χ0v) is 13.1. The van der Waals surface area contributed by atoms with Crippen LogP contribution in [0.15, 0.2) is 54.6 Å². The van der Waals surface area contributed by atoms with Gasteiger partial charge in [0.15, 0.2) is 0 Å². The highest BCUT2D eigenvalue weighted by Crippen LogP contribution is 2.28. The van der Waals surface area contributed by atoms with Gasteiger partial charge in [-0.3, -0.25) is 4.79 Å². The highest BCUT2D eigenvalue weighted by molar-refractivity contribution is 5.97. The van der Waals surface area contributed by atoms with Crippen LogP contribution in [0.3, 0.4) is 0 Å². The van der Waals surface area contributed by atoms with Crippen LogP contribution in [0.5, 0.6) is 0 Å². The molecule has 2 aromatic rings. The maximum Gasteiger partial charge on any atom is 0.335 e. The average molecular weight is 325 g/mol.